The lowest BCUT2D eigenvalue weighted by Crippen LogP contribution is -2.35. The number of nitrogens with one attached hydrogen (secondary N) is 2. The van der Waals surface area contributed by atoms with Gasteiger partial charge in [-0.1, -0.05) is 27.2 Å². The number of hydrazone groups is 1. The van der Waals surface area contributed by atoms with E-state index in [1.54, 1.807) is 7.11 Å². The number of thiocarbonyl (C=S) groups is 1. The van der Waals surface area contributed by atoms with Gasteiger partial charge in [0.25, 0.3) is 0 Å². The van der Waals surface area contributed by atoms with Crippen LogP contribution in [0.3, 0.4) is 0 Å². The fourth-order valence-electron chi connectivity index (χ4n) is 2.57. The Morgan fingerprint density at radius 2 is 2.05 bits per heavy atom. The molecule has 20 heavy (non-hydrogen) atoms. The molecule has 0 atom stereocenters. The highest BCUT2D eigenvalue weighted by molar-refractivity contribution is 7.80. The second kappa shape index (κ2) is 8.57. The van der Waals surface area contributed by atoms with E-state index in [9.17, 15) is 0 Å². The van der Waals surface area contributed by atoms with Crippen LogP contribution in [-0.2, 0) is 4.74 Å². The van der Waals surface area contributed by atoms with Crippen LogP contribution in [-0.4, -0.2) is 31.1 Å². The zero-order chi connectivity index (χ0) is 15.0. The molecule has 0 spiro atoms. The van der Waals surface area contributed by atoms with Crippen LogP contribution in [0.15, 0.2) is 5.10 Å². The molecule has 0 aromatic carbocycles. The lowest BCUT2D eigenvalue weighted by molar-refractivity contribution is 0.176. The standard InChI is InChI=1S/C15H29N3OS/c1-5-15(2,3)12-6-8-13(9-7-12)17-18-14(20)16-10-11-19-4/h12H,5-11H2,1-4H3,(H2,16,18,20). The third kappa shape index (κ3) is 5.75. The summed E-state index contributed by atoms with van der Waals surface area (Å²) < 4.78 is 4.96. The van der Waals surface area contributed by atoms with Gasteiger partial charge in [-0.25, -0.2) is 0 Å². The molecule has 2 N–H and O–H groups in total. The quantitative estimate of drug-likeness (QED) is 0.449. The highest BCUT2D eigenvalue weighted by atomic mass is 32.1. The molecule has 1 saturated carbocycles. The van der Waals surface area contributed by atoms with Crippen LogP contribution in [0, 0.1) is 11.3 Å². The second-order valence-corrected chi connectivity index (χ2v) is 6.56. The maximum absolute atomic E-state index is 5.15. The average Bonchev–Trinajstić information content (AvgIpc) is 2.46. The predicted molar refractivity (Wildman–Crippen MR) is 89.1 cm³/mol. The molecule has 0 aromatic rings. The SMILES string of the molecule is CCC(C)(C)C1CCC(=NNC(=S)NCCOC)CC1. The summed E-state index contributed by atoms with van der Waals surface area (Å²) in [5.74, 6) is 0.818. The Balaban J connectivity index is 2.30. The third-order valence-electron chi connectivity index (χ3n) is 4.49. The molecule has 0 bridgehead atoms. The Bertz CT molecular complexity index is 332. The lowest BCUT2D eigenvalue weighted by Gasteiger charge is -2.36. The molecular formula is C15H29N3OS. The number of nitrogens with zero attached hydrogens (tertiary/aromatic N) is 1. The first-order chi connectivity index (χ1) is 9.49. The molecule has 0 aromatic heterocycles. The second-order valence-electron chi connectivity index (χ2n) is 6.15. The molecule has 5 heteroatoms. The summed E-state index contributed by atoms with van der Waals surface area (Å²) in [6, 6.07) is 0. The van der Waals surface area contributed by atoms with Crippen molar-refractivity contribution in [2.45, 2.75) is 52.9 Å². The van der Waals surface area contributed by atoms with Crippen LogP contribution in [0.5, 0.6) is 0 Å². The third-order valence-corrected chi connectivity index (χ3v) is 4.72. The summed E-state index contributed by atoms with van der Waals surface area (Å²) in [7, 11) is 1.68. The first-order valence-corrected chi connectivity index (χ1v) is 7.98. The fourth-order valence-corrected chi connectivity index (χ4v) is 2.72. The molecule has 1 fully saturated rings. The molecule has 1 aliphatic carbocycles. The Morgan fingerprint density at radius 3 is 2.60 bits per heavy atom. The van der Waals surface area contributed by atoms with E-state index in [0.29, 0.717) is 23.7 Å². The van der Waals surface area contributed by atoms with Gasteiger partial charge in [0.15, 0.2) is 5.11 Å². The van der Waals surface area contributed by atoms with Crippen molar-refractivity contribution in [3.63, 3.8) is 0 Å². The van der Waals surface area contributed by atoms with E-state index in [0.717, 1.165) is 18.8 Å². The van der Waals surface area contributed by atoms with Gasteiger partial charge in [0.05, 0.1) is 6.61 Å². The Kier molecular flexibility index (Phi) is 7.45. The monoisotopic (exact) mass is 299 g/mol. The van der Waals surface area contributed by atoms with E-state index in [1.807, 2.05) is 0 Å². The van der Waals surface area contributed by atoms with Crippen LogP contribution >= 0.6 is 12.2 Å². The van der Waals surface area contributed by atoms with E-state index in [2.05, 4.69) is 36.6 Å². The molecule has 0 heterocycles. The van der Waals surface area contributed by atoms with Crippen LogP contribution < -0.4 is 10.7 Å². The van der Waals surface area contributed by atoms with Crippen molar-refractivity contribution in [2.24, 2.45) is 16.4 Å². The van der Waals surface area contributed by atoms with Crippen molar-refractivity contribution in [3.05, 3.63) is 0 Å². The Labute approximate surface area is 128 Å². The lowest BCUT2D eigenvalue weighted by atomic mass is 9.69. The fraction of sp³-hybridized carbons (Fsp3) is 0.867. The smallest absolute Gasteiger partial charge is 0.187 e. The van der Waals surface area contributed by atoms with Crippen molar-refractivity contribution in [2.75, 3.05) is 20.3 Å². The van der Waals surface area contributed by atoms with E-state index < -0.39 is 0 Å². The highest BCUT2D eigenvalue weighted by Gasteiger charge is 2.30. The summed E-state index contributed by atoms with van der Waals surface area (Å²) in [5.41, 5.74) is 4.63. The normalized spacial score (nSPS) is 19.6. The van der Waals surface area contributed by atoms with E-state index >= 15 is 0 Å². The maximum Gasteiger partial charge on any atom is 0.187 e. The zero-order valence-electron chi connectivity index (χ0n) is 13.3. The van der Waals surface area contributed by atoms with Gasteiger partial charge < -0.3 is 10.1 Å². The molecule has 4 nitrogen and oxygen atoms in total. The number of methoxy groups -OCH3 is 1. The number of hydrogen-bond donors (Lipinski definition) is 2. The Morgan fingerprint density at radius 1 is 1.40 bits per heavy atom. The maximum atomic E-state index is 5.15. The largest absolute Gasteiger partial charge is 0.383 e. The summed E-state index contributed by atoms with van der Waals surface area (Å²) >= 11 is 5.15. The van der Waals surface area contributed by atoms with Gasteiger partial charge in [-0.2, -0.15) is 5.10 Å². The van der Waals surface area contributed by atoms with Crippen LogP contribution in [0.4, 0.5) is 0 Å². The van der Waals surface area contributed by atoms with Crippen molar-refractivity contribution in [1.29, 1.82) is 0 Å². The van der Waals surface area contributed by atoms with Gasteiger partial charge in [-0.3, -0.25) is 5.43 Å². The molecule has 0 radical (unpaired) electrons. The number of rotatable bonds is 6. The van der Waals surface area contributed by atoms with Crippen LogP contribution in [0.25, 0.3) is 0 Å². The minimum atomic E-state index is 0.454. The molecule has 0 unspecified atom stereocenters. The highest BCUT2D eigenvalue weighted by Crippen LogP contribution is 2.39. The summed E-state index contributed by atoms with van der Waals surface area (Å²) in [6.07, 6.45) is 5.90. The summed E-state index contributed by atoms with van der Waals surface area (Å²) in [5, 5.41) is 8.05. The molecule has 1 rings (SSSR count). The minimum absolute atomic E-state index is 0.454. The van der Waals surface area contributed by atoms with Crippen LogP contribution in [0.2, 0.25) is 0 Å². The van der Waals surface area contributed by atoms with Crippen molar-refractivity contribution in [3.8, 4) is 0 Å². The number of hydrogen-bond acceptors (Lipinski definition) is 3. The van der Waals surface area contributed by atoms with Crippen LogP contribution in [0.1, 0.15) is 52.9 Å². The van der Waals surface area contributed by atoms with Crippen molar-refractivity contribution >= 4 is 23.0 Å². The molecule has 1 aliphatic rings. The molecule has 0 saturated heterocycles. The van der Waals surface area contributed by atoms with E-state index in [-0.39, 0.29) is 0 Å². The van der Waals surface area contributed by atoms with Crippen molar-refractivity contribution < 1.29 is 4.74 Å². The topological polar surface area (TPSA) is 45.7 Å². The molecule has 0 amide bonds. The van der Waals surface area contributed by atoms with Gasteiger partial charge in [-0.05, 0) is 49.2 Å². The first-order valence-electron chi connectivity index (χ1n) is 7.57. The van der Waals surface area contributed by atoms with Gasteiger partial charge in [0.2, 0.25) is 0 Å². The summed E-state index contributed by atoms with van der Waals surface area (Å²) in [6.45, 7) is 8.40. The predicted octanol–water partition coefficient (Wildman–Crippen LogP) is 3.08. The van der Waals surface area contributed by atoms with Crippen molar-refractivity contribution in [1.82, 2.24) is 10.7 Å². The van der Waals surface area contributed by atoms with E-state index in [4.69, 9.17) is 17.0 Å². The number of ether oxygens (including phenoxy) is 1. The minimum Gasteiger partial charge on any atom is -0.383 e. The van der Waals surface area contributed by atoms with Gasteiger partial charge in [0, 0.05) is 19.4 Å². The molecule has 0 aliphatic heterocycles. The first kappa shape index (κ1) is 17.4. The zero-order valence-corrected chi connectivity index (χ0v) is 14.1. The molecular weight excluding hydrogens is 270 g/mol. The molecule has 116 valence electrons. The van der Waals surface area contributed by atoms with Gasteiger partial charge in [0.1, 0.15) is 0 Å². The Hall–Kier alpha value is -0.680. The summed E-state index contributed by atoms with van der Waals surface area (Å²) in [4.78, 5) is 0. The van der Waals surface area contributed by atoms with Gasteiger partial charge in [-0.15, -0.1) is 0 Å². The average molecular weight is 299 g/mol. The van der Waals surface area contributed by atoms with E-state index in [1.165, 1.54) is 25.0 Å². The van der Waals surface area contributed by atoms with Gasteiger partial charge >= 0.3 is 0 Å².